The third-order valence-electron chi connectivity index (χ3n) is 3.27. The fourth-order valence-electron chi connectivity index (χ4n) is 2.24. The highest BCUT2D eigenvalue weighted by atomic mass is 19.1. The zero-order valence-corrected chi connectivity index (χ0v) is 10.8. The van der Waals surface area contributed by atoms with E-state index in [0.717, 1.165) is 31.3 Å². The average molecular weight is 271 g/mol. The van der Waals surface area contributed by atoms with E-state index in [9.17, 15) is 9.18 Å². The van der Waals surface area contributed by atoms with Crippen molar-refractivity contribution in [1.29, 1.82) is 0 Å². The fraction of sp³-hybridized carbons (Fsp3) is 0.200. The summed E-state index contributed by atoms with van der Waals surface area (Å²) in [6.07, 6.45) is 3.21. The molecule has 0 bridgehead atoms. The molecule has 1 aliphatic rings. The van der Waals surface area contributed by atoms with Crippen molar-refractivity contribution < 1.29 is 9.18 Å². The fourth-order valence-corrected chi connectivity index (χ4v) is 2.24. The van der Waals surface area contributed by atoms with Crippen molar-refractivity contribution in [3.63, 3.8) is 0 Å². The number of nitrogens with one attached hydrogen (secondary N) is 2. The van der Waals surface area contributed by atoms with Crippen LogP contribution in [0.3, 0.4) is 0 Å². The first-order valence-electron chi connectivity index (χ1n) is 6.52. The van der Waals surface area contributed by atoms with Crippen LogP contribution in [0.4, 0.5) is 15.8 Å². The Morgan fingerprint density at radius 1 is 1.30 bits per heavy atom. The highest BCUT2D eigenvalue weighted by molar-refractivity contribution is 6.03. The summed E-state index contributed by atoms with van der Waals surface area (Å²) in [7, 11) is 0. The molecule has 1 aromatic carbocycles. The molecule has 1 aliphatic heterocycles. The number of hydrogen-bond acceptors (Lipinski definition) is 3. The van der Waals surface area contributed by atoms with Gasteiger partial charge in [-0.05, 0) is 42.7 Å². The van der Waals surface area contributed by atoms with Crippen molar-refractivity contribution in [2.75, 3.05) is 17.2 Å². The molecule has 2 heterocycles. The van der Waals surface area contributed by atoms with Gasteiger partial charge < -0.3 is 10.6 Å². The second-order valence-corrected chi connectivity index (χ2v) is 4.72. The molecule has 4 nitrogen and oxygen atoms in total. The molecule has 102 valence electrons. The third kappa shape index (κ3) is 2.61. The van der Waals surface area contributed by atoms with Crippen LogP contribution >= 0.6 is 0 Å². The predicted molar refractivity (Wildman–Crippen MR) is 75.4 cm³/mol. The van der Waals surface area contributed by atoms with Crippen LogP contribution in [0, 0.1) is 5.82 Å². The lowest BCUT2D eigenvalue weighted by Crippen LogP contribution is -2.15. The van der Waals surface area contributed by atoms with Gasteiger partial charge in [0.1, 0.15) is 11.5 Å². The van der Waals surface area contributed by atoms with E-state index in [0.29, 0.717) is 5.69 Å². The number of anilines is 2. The number of aryl methyl sites for hydroxylation is 1. The van der Waals surface area contributed by atoms with E-state index in [1.165, 1.54) is 17.7 Å². The number of halogens is 1. The number of carbonyl (C=O) groups excluding carboxylic acids is 1. The number of amides is 1. The Labute approximate surface area is 116 Å². The number of nitrogens with zero attached hydrogens (tertiary/aromatic N) is 1. The molecule has 0 atom stereocenters. The molecule has 0 saturated heterocycles. The molecule has 0 aliphatic carbocycles. The summed E-state index contributed by atoms with van der Waals surface area (Å²) in [5.74, 6) is -0.805. The van der Waals surface area contributed by atoms with E-state index < -0.39 is 5.82 Å². The molecular formula is C15H14FN3O. The lowest BCUT2D eigenvalue weighted by molar-refractivity contribution is 0.102. The SMILES string of the molecule is O=C(Nc1ccc2c(c1)NCCC2)c1ccc(F)cn1. The molecule has 3 rings (SSSR count). The van der Waals surface area contributed by atoms with Gasteiger partial charge in [0, 0.05) is 17.9 Å². The van der Waals surface area contributed by atoms with Crippen LogP contribution in [0.25, 0.3) is 0 Å². The topological polar surface area (TPSA) is 54.0 Å². The van der Waals surface area contributed by atoms with Crippen LogP contribution in [-0.2, 0) is 6.42 Å². The summed E-state index contributed by atoms with van der Waals surface area (Å²) >= 11 is 0. The van der Waals surface area contributed by atoms with E-state index in [2.05, 4.69) is 15.6 Å². The molecule has 5 heteroatoms. The molecule has 0 saturated carbocycles. The molecular weight excluding hydrogens is 257 g/mol. The number of aromatic nitrogens is 1. The molecule has 0 fully saturated rings. The quantitative estimate of drug-likeness (QED) is 0.883. The maximum atomic E-state index is 12.8. The predicted octanol–water partition coefficient (Wildman–Crippen LogP) is 2.83. The molecule has 1 amide bonds. The van der Waals surface area contributed by atoms with Gasteiger partial charge in [0.15, 0.2) is 0 Å². The van der Waals surface area contributed by atoms with Crippen molar-refractivity contribution in [1.82, 2.24) is 4.98 Å². The molecule has 1 aromatic heterocycles. The highest BCUT2D eigenvalue weighted by Gasteiger charge is 2.11. The molecule has 0 spiro atoms. The Kier molecular flexibility index (Phi) is 3.33. The van der Waals surface area contributed by atoms with E-state index in [1.807, 2.05) is 18.2 Å². The van der Waals surface area contributed by atoms with Gasteiger partial charge in [0.05, 0.1) is 6.20 Å². The zero-order chi connectivity index (χ0) is 13.9. The summed E-state index contributed by atoms with van der Waals surface area (Å²) in [6, 6.07) is 8.37. The zero-order valence-electron chi connectivity index (χ0n) is 10.8. The third-order valence-corrected chi connectivity index (χ3v) is 3.27. The van der Waals surface area contributed by atoms with E-state index in [4.69, 9.17) is 0 Å². The standard InChI is InChI=1S/C15H14FN3O/c16-11-4-6-13(18-9-11)15(20)19-12-5-3-10-2-1-7-17-14(10)8-12/h3-6,8-9,17H,1-2,7H2,(H,19,20). The van der Waals surface area contributed by atoms with Crippen molar-refractivity contribution >= 4 is 17.3 Å². The first kappa shape index (κ1) is 12.6. The minimum Gasteiger partial charge on any atom is -0.385 e. The van der Waals surface area contributed by atoms with Crippen LogP contribution in [0.2, 0.25) is 0 Å². The van der Waals surface area contributed by atoms with Crippen molar-refractivity contribution in [2.24, 2.45) is 0 Å². The lowest BCUT2D eigenvalue weighted by Gasteiger charge is -2.18. The van der Waals surface area contributed by atoms with Gasteiger partial charge in [0.2, 0.25) is 0 Å². The molecule has 0 unspecified atom stereocenters. The minimum atomic E-state index is -0.459. The number of rotatable bonds is 2. The maximum Gasteiger partial charge on any atom is 0.274 e. The number of carbonyl (C=O) groups is 1. The monoisotopic (exact) mass is 271 g/mol. The van der Waals surface area contributed by atoms with Crippen LogP contribution < -0.4 is 10.6 Å². The number of benzene rings is 1. The summed E-state index contributed by atoms with van der Waals surface area (Å²) < 4.78 is 12.8. The second kappa shape index (κ2) is 5.28. The summed E-state index contributed by atoms with van der Waals surface area (Å²) in [5.41, 5.74) is 3.21. The van der Waals surface area contributed by atoms with Crippen LogP contribution in [0.5, 0.6) is 0 Å². The van der Waals surface area contributed by atoms with Crippen molar-refractivity contribution in [3.8, 4) is 0 Å². The van der Waals surface area contributed by atoms with Gasteiger partial charge >= 0.3 is 0 Å². The van der Waals surface area contributed by atoms with Crippen LogP contribution in [-0.4, -0.2) is 17.4 Å². The smallest absolute Gasteiger partial charge is 0.274 e. The Balaban J connectivity index is 1.77. The summed E-state index contributed by atoms with van der Waals surface area (Å²) in [6.45, 7) is 0.948. The van der Waals surface area contributed by atoms with Gasteiger partial charge in [-0.15, -0.1) is 0 Å². The summed E-state index contributed by atoms with van der Waals surface area (Å²) in [4.78, 5) is 15.7. The summed E-state index contributed by atoms with van der Waals surface area (Å²) in [5, 5.41) is 6.07. The second-order valence-electron chi connectivity index (χ2n) is 4.72. The first-order chi connectivity index (χ1) is 9.72. The van der Waals surface area contributed by atoms with Gasteiger partial charge in [-0.1, -0.05) is 6.07 Å². The van der Waals surface area contributed by atoms with Crippen LogP contribution in [0.1, 0.15) is 22.5 Å². The van der Waals surface area contributed by atoms with E-state index in [-0.39, 0.29) is 11.6 Å². The lowest BCUT2D eigenvalue weighted by atomic mass is 10.0. The molecule has 0 radical (unpaired) electrons. The Morgan fingerprint density at radius 2 is 2.20 bits per heavy atom. The highest BCUT2D eigenvalue weighted by Crippen LogP contribution is 2.25. The number of fused-ring (bicyclic) bond motifs is 1. The van der Waals surface area contributed by atoms with Gasteiger partial charge in [0.25, 0.3) is 5.91 Å². The molecule has 20 heavy (non-hydrogen) atoms. The minimum absolute atomic E-state index is 0.192. The van der Waals surface area contributed by atoms with E-state index in [1.54, 1.807) is 0 Å². The first-order valence-corrected chi connectivity index (χ1v) is 6.52. The number of pyridine rings is 1. The van der Waals surface area contributed by atoms with Gasteiger partial charge in [-0.2, -0.15) is 0 Å². The Hall–Kier alpha value is -2.43. The largest absolute Gasteiger partial charge is 0.385 e. The average Bonchev–Trinajstić information content (AvgIpc) is 2.48. The van der Waals surface area contributed by atoms with Crippen LogP contribution in [0.15, 0.2) is 36.5 Å². The van der Waals surface area contributed by atoms with Gasteiger partial charge in [-0.25, -0.2) is 9.37 Å². The van der Waals surface area contributed by atoms with Crippen molar-refractivity contribution in [3.05, 3.63) is 53.6 Å². The molecule has 2 N–H and O–H groups in total. The normalized spacial score (nSPS) is 13.2. The Bertz CT molecular complexity index is 640. The van der Waals surface area contributed by atoms with Crippen molar-refractivity contribution in [2.45, 2.75) is 12.8 Å². The van der Waals surface area contributed by atoms with Gasteiger partial charge in [-0.3, -0.25) is 4.79 Å². The molecule has 2 aromatic rings. The maximum absolute atomic E-state index is 12.8. The number of hydrogen-bond donors (Lipinski definition) is 2. The van der Waals surface area contributed by atoms with E-state index >= 15 is 0 Å². The Morgan fingerprint density at radius 3 is 3.00 bits per heavy atom.